The van der Waals surface area contributed by atoms with E-state index in [-0.39, 0.29) is 0 Å². The second-order valence-electron chi connectivity index (χ2n) is 5.09. The molecule has 0 spiro atoms. The predicted octanol–water partition coefficient (Wildman–Crippen LogP) is 3.97. The molecule has 3 rings (SSSR count). The van der Waals surface area contributed by atoms with Gasteiger partial charge in [-0.2, -0.15) is 0 Å². The van der Waals surface area contributed by atoms with E-state index >= 15 is 0 Å². The summed E-state index contributed by atoms with van der Waals surface area (Å²) in [5, 5.41) is 1.21. The highest BCUT2D eigenvalue weighted by atomic mass is 32.1. The number of benzene rings is 1. The van der Waals surface area contributed by atoms with Crippen molar-refractivity contribution >= 4 is 44.5 Å². The molecule has 0 saturated carbocycles. The second kappa shape index (κ2) is 6.70. The molecule has 2 heterocycles. The molecule has 3 aromatic rings. The molecule has 7 heteroatoms. The molecule has 0 bridgehead atoms. The third kappa shape index (κ3) is 2.92. The van der Waals surface area contributed by atoms with Crippen LogP contribution < -0.4 is 10.5 Å². The summed E-state index contributed by atoms with van der Waals surface area (Å²) in [5.74, 6) is 1.47. The van der Waals surface area contributed by atoms with E-state index in [2.05, 4.69) is 9.97 Å². The number of rotatable bonds is 4. The highest BCUT2D eigenvalue weighted by molar-refractivity contribution is 7.81. The van der Waals surface area contributed by atoms with Crippen molar-refractivity contribution in [1.82, 2.24) is 9.97 Å². The maximum atomic E-state index is 6.35. The van der Waals surface area contributed by atoms with E-state index < -0.39 is 0 Å². The van der Waals surface area contributed by atoms with Crippen molar-refractivity contribution in [3.63, 3.8) is 0 Å². The van der Waals surface area contributed by atoms with Crippen LogP contribution in [0.2, 0.25) is 0 Å². The van der Waals surface area contributed by atoms with Crippen LogP contribution in [0, 0.1) is 6.92 Å². The predicted molar refractivity (Wildman–Crippen MR) is 102 cm³/mol. The fourth-order valence-corrected chi connectivity index (χ4v) is 3.82. The quantitative estimate of drug-likeness (QED) is 0.711. The molecule has 0 fully saturated rings. The Morgan fingerprint density at radius 1 is 1.25 bits per heavy atom. The number of ether oxygens (including phenoxy) is 2. The van der Waals surface area contributed by atoms with Crippen LogP contribution in [0.5, 0.6) is 5.75 Å². The number of nitrogen functional groups attached to an aromatic ring is 1. The van der Waals surface area contributed by atoms with Crippen LogP contribution in [0.25, 0.3) is 21.5 Å². The number of methoxy groups -OCH3 is 1. The van der Waals surface area contributed by atoms with E-state index in [0.717, 1.165) is 32.1 Å². The Labute approximate surface area is 149 Å². The molecule has 0 aliphatic heterocycles. The summed E-state index contributed by atoms with van der Waals surface area (Å²) in [6, 6.07) is 7.70. The number of thiocarbonyl (C=S) groups is 1. The molecule has 2 N–H and O–H groups in total. The van der Waals surface area contributed by atoms with Crippen molar-refractivity contribution in [2.75, 3.05) is 19.5 Å². The van der Waals surface area contributed by atoms with Gasteiger partial charge in [0.05, 0.1) is 30.5 Å². The molecule has 24 heavy (non-hydrogen) atoms. The molecule has 124 valence electrons. The van der Waals surface area contributed by atoms with Crippen molar-refractivity contribution in [1.29, 1.82) is 0 Å². The lowest BCUT2D eigenvalue weighted by Crippen LogP contribution is -2.03. The Kier molecular flexibility index (Phi) is 4.64. The van der Waals surface area contributed by atoms with E-state index in [1.54, 1.807) is 7.11 Å². The first kappa shape index (κ1) is 16.6. The molecular formula is C17H17N3O2S2. The number of hydrogen-bond acceptors (Lipinski definition) is 7. The van der Waals surface area contributed by atoms with Gasteiger partial charge in [0.15, 0.2) is 0 Å². The van der Waals surface area contributed by atoms with Crippen molar-refractivity contribution in [3.8, 4) is 17.0 Å². The first-order valence-electron chi connectivity index (χ1n) is 7.43. The first-order valence-corrected chi connectivity index (χ1v) is 8.65. The third-order valence-electron chi connectivity index (χ3n) is 3.52. The van der Waals surface area contributed by atoms with Crippen LogP contribution in [0.4, 0.5) is 5.69 Å². The lowest BCUT2D eigenvalue weighted by atomic mass is 10.1. The molecule has 0 amide bonds. The van der Waals surface area contributed by atoms with Crippen LogP contribution in [-0.4, -0.2) is 28.7 Å². The molecule has 0 unspecified atom stereocenters. The minimum absolute atomic E-state index is 0.399. The Hall–Kier alpha value is -2.25. The summed E-state index contributed by atoms with van der Waals surface area (Å²) in [6.07, 6.45) is 0. The van der Waals surface area contributed by atoms with Crippen LogP contribution in [0.15, 0.2) is 24.3 Å². The van der Waals surface area contributed by atoms with Crippen molar-refractivity contribution in [3.05, 3.63) is 35.0 Å². The molecule has 0 radical (unpaired) electrons. The maximum absolute atomic E-state index is 6.35. The van der Waals surface area contributed by atoms with Crippen LogP contribution >= 0.6 is 23.6 Å². The molecule has 0 atom stereocenters. The van der Waals surface area contributed by atoms with Crippen molar-refractivity contribution < 1.29 is 9.47 Å². The normalized spacial score (nSPS) is 10.8. The summed E-state index contributed by atoms with van der Waals surface area (Å²) in [5.41, 5.74) is 8.66. The molecule has 0 aliphatic carbocycles. The Morgan fingerprint density at radius 2 is 1.96 bits per heavy atom. The average molecular weight is 359 g/mol. The number of anilines is 1. The number of nitrogens with zero attached hydrogens (tertiary/aromatic N) is 2. The SMILES string of the molecule is CCOC(=S)c1sc2nc(C)nc(-c3ccc(OC)cc3)c2c1N. The first-order chi connectivity index (χ1) is 11.5. The number of hydrogen-bond donors (Lipinski definition) is 1. The van der Waals surface area contributed by atoms with Gasteiger partial charge in [0.1, 0.15) is 21.3 Å². The zero-order valence-corrected chi connectivity index (χ0v) is 15.3. The molecular weight excluding hydrogens is 342 g/mol. The van der Waals surface area contributed by atoms with Gasteiger partial charge in [0.2, 0.25) is 5.05 Å². The average Bonchev–Trinajstić information content (AvgIpc) is 2.91. The summed E-state index contributed by atoms with van der Waals surface area (Å²) in [7, 11) is 1.64. The molecule has 0 aliphatic rings. The van der Waals surface area contributed by atoms with Crippen LogP contribution in [0.1, 0.15) is 17.6 Å². The molecule has 0 saturated heterocycles. The minimum Gasteiger partial charge on any atom is -0.497 e. The van der Waals surface area contributed by atoms with E-state index in [4.69, 9.17) is 27.4 Å². The van der Waals surface area contributed by atoms with Gasteiger partial charge in [-0.05, 0) is 50.3 Å². The highest BCUT2D eigenvalue weighted by Crippen LogP contribution is 2.39. The summed E-state index contributed by atoms with van der Waals surface area (Å²) in [4.78, 5) is 10.6. The Balaban J connectivity index is 2.21. The lowest BCUT2D eigenvalue weighted by Gasteiger charge is -2.07. The van der Waals surface area contributed by atoms with Crippen LogP contribution in [0.3, 0.4) is 0 Å². The fraction of sp³-hybridized carbons (Fsp3) is 0.235. The van der Waals surface area contributed by atoms with Crippen molar-refractivity contribution in [2.24, 2.45) is 0 Å². The number of aromatic nitrogens is 2. The molecule has 5 nitrogen and oxygen atoms in total. The minimum atomic E-state index is 0.399. The standard InChI is InChI=1S/C17H17N3O2S2/c1-4-22-17(23)15-13(18)12-14(19-9(2)20-16(12)24-15)10-5-7-11(21-3)8-6-10/h5-8H,4,18H2,1-3H3. The maximum Gasteiger partial charge on any atom is 0.203 e. The van der Waals surface area contributed by atoms with E-state index in [0.29, 0.717) is 23.2 Å². The zero-order chi connectivity index (χ0) is 17.3. The monoisotopic (exact) mass is 359 g/mol. The van der Waals surface area contributed by atoms with Crippen LogP contribution in [-0.2, 0) is 4.74 Å². The molecule has 2 aromatic heterocycles. The van der Waals surface area contributed by atoms with E-state index in [1.807, 2.05) is 38.1 Å². The van der Waals surface area contributed by atoms with Gasteiger partial charge in [-0.1, -0.05) is 0 Å². The number of fused-ring (bicyclic) bond motifs is 1. The number of aryl methyl sites for hydroxylation is 1. The van der Waals surface area contributed by atoms with E-state index in [1.165, 1.54) is 11.3 Å². The number of thiophene rings is 1. The Morgan fingerprint density at radius 3 is 2.58 bits per heavy atom. The summed E-state index contributed by atoms with van der Waals surface area (Å²) in [6.45, 7) is 4.26. The van der Waals surface area contributed by atoms with E-state index in [9.17, 15) is 0 Å². The largest absolute Gasteiger partial charge is 0.497 e. The summed E-state index contributed by atoms with van der Waals surface area (Å²) >= 11 is 6.75. The fourth-order valence-electron chi connectivity index (χ4n) is 2.43. The number of nitrogens with two attached hydrogens (primary N) is 1. The topological polar surface area (TPSA) is 70.3 Å². The smallest absolute Gasteiger partial charge is 0.203 e. The van der Waals surface area contributed by atoms with Gasteiger partial charge in [0.25, 0.3) is 0 Å². The lowest BCUT2D eigenvalue weighted by molar-refractivity contribution is 0.338. The van der Waals surface area contributed by atoms with Gasteiger partial charge in [-0.3, -0.25) is 0 Å². The van der Waals surface area contributed by atoms with Gasteiger partial charge < -0.3 is 15.2 Å². The third-order valence-corrected chi connectivity index (χ3v) is 5.07. The second-order valence-corrected chi connectivity index (χ2v) is 6.46. The molecule has 1 aromatic carbocycles. The highest BCUT2D eigenvalue weighted by Gasteiger charge is 2.20. The van der Waals surface area contributed by atoms with Gasteiger partial charge in [0, 0.05) is 5.56 Å². The van der Waals surface area contributed by atoms with Gasteiger partial charge >= 0.3 is 0 Å². The van der Waals surface area contributed by atoms with Gasteiger partial charge in [-0.25, -0.2) is 9.97 Å². The Bertz CT molecular complexity index is 904. The van der Waals surface area contributed by atoms with Crippen molar-refractivity contribution in [2.45, 2.75) is 13.8 Å². The van der Waals surface area contributed by atoms with Gasteiger partial charge in [-0.15, -0.1) is 11.3 Å². The summed E-state index contributed by atoms with van der Waals surface area (Å²) < 4.78 is 10.7. The zero-order valence-electron chi connectivity index (χ0n) is 13.6.